The standard InChI is InChI=1S/C19H26N6O.HI/c1-20-19(23-11-14-26-17-5-4-9-21-15-17)24-16-7-12-25(13-8-16)18-6-2-3-10-22-18;/h2-6,9-10,15-16H,7-8,11-14H2,1H3,(H2,20,23,24);1H. The lowest BCUT2D eigenvalue weighted by Gasteiger charge is -2.33. The summed E-state index contributed by atoms with van der Waals surface area (Å²) in [5, 5.41) is 6.80. The normalized spacial score (nSPS) is 15.0. The lowest BCUT2D eigenvalue weighted by molar-refractivity contribution is 0.320. The van der Waals surface area contributed by atoms with Crippen molar-refractivity contribution in [2.45, 2.75) is 18.9 Å². The molecule has 1 saturated heterocycles. The van der Waals surface area contributed by atoms with Crippen LogP contribution in [0.4, 0.5) is 5.82 Å². The summed E-state index contributed by atoms with van der Waals surface area (Å²) < 4.78 is 5.63. The van der Waals surface area contributed by atoms with Gasteiger partial charge in [-0.2, -0.15) is 0 Å². The van der Waals surface area contributed by atoms with Crippen LogP contribution in [0.2, 0.25) is 0 Å². The fraction of sp³-hybridized carbons (Fsp3) is 0.421. The number of aliphatic imine (C=N–C) groups is 1. The number of aromatic nitrogens is 2. The minimum atomic E-state index is 0. The van der Waals surface area contributed by atoms with Crippen LogP contribution in [-0.4, -0.2) is 55.3 Å². The largest absolute Gasteiger partial charge is 0.490 e. The van der Waals surface area contributed by atoms with Gasteiger partial charge in [0.05, 0.1) is 12.7 Å². The lowest BCUT2D eigenvalue weighted by Crippen LogP contribution is -2.49. The molecule has 0 spiro atoms. The van der Waals surface area contributed by atoms with Crippen LogP contribution in [0, 0.1) is 0 Å². The van der Waals surface area contributed by atoms with Crippen LogP contribution in [0.1, 0.15) is 12.8 Å². The second-order valence-corrected chi connectivity index (χ2v) is 6.13. The molecular weight excluding hydrogens is 455 g/mol. The van der Waals surface area contributed by atoms with Crippen LogP contribution in [0.5, 0.6) is 5.75 Å². The molecular formula is C19H27IN6O. The molecule has 7 nitrogen and oxygen atoms in total. The number of hydrogen-bond donors (Lipinski definition) is 2. The maximum atomic E-state index is 5.63. The molecule has 0 saturated carbocycles. The Morgan fingerprint density at radius 2 is 2.07 bits per heavy atom. The first kappa shape index (κ1) is 21.2. The van der Waals surface area contributed by atoms with Gasteiger partial charge in [-0.1, -0.05) is 6.07 Å². The van der Waals surface area contributed by atoms with Gasteiger partial charge in [-0.05, 0) is 37.1 Å². The molecule has 8 heteroatoms. The summed E-state index contributed by atoms with van der Waals surface area (Å²) in [5.74, 6) is 2.65. The van der Waals surface area contributed by atoms with E-state index in [1.807, 2.05) is 30.5 Å². The quantitative estimate of drug-likeness (QED) is 0.285. The fourth-order valence-corrected chi connectivity index (χ4v) is 2.95. The van der Waals surface area contributed by atoms with Crippen LogP contribution < -0.4 is 20.3 Å². The summed E-state index contributed by atoms with van der Waals surface area (Å²) in [4.78, 5) is 15.1. The van der Waals surface area contributed by atoms with Crippen molar-refractivity contribution in [3.63, 3.8) is 0 Å². The van der Waals surface area contributed by atoms with Gasteiger partial charge in [0.15, 0.2) is 5.96 Å². The molecule has 0 unspecified atom stereocenters. The van der Waals surface area contributed by atoms with E-state index in [2.05, 4.69) is 36.6 Å². The minimum absolute atomic E-state index is 0. The highest BCUT2D eigenvalue weighted by Gasteiger charge is 2.20. The Morgan fingerprint density at radius 1 is 1.22 bits per heavy atom. The third kappa shape index (κ3) is 6.85. The van der Waals surface area contributed by atoms with Gasteiger partial charge in [0.25, 0.3) is 0 Å². The number of pyridine rings is 2. The van der Waals surface area contributed by atoms with Gasteiger partial charge in [0.2, 0.25) is 0 Å². The van der Waals surface area contributed by atoms with Gasteiger partial charge in [-0.15, -0.1) is 24.0 Å². The van der Waals surface area contributed by atoms with E-state index in [4.69, 9.17) is 4.74 Å². The van der Waals surface area contributed by atoms with Crippen molar-refractivity contribution in [1.82, 2.24) is 20.6 Å². The number of ether oxygens (including phenoxy) is 1. The zero-order chi connectivity index (χ0) is 18.0. The summed E-state index contributed by atoms with van der Waals surface area (Å²) >= 11 is 0. The number of anilines is 1. The Kier molecular flexibility index (Phi) is 9.09. The Hall–Kier alpha value is -2.10. The van der Waals surface area contributed by atoms with E-state index in [0.717, 1.165) is 43.5 Å². The number of hydrogen-bond acceptors (Lipinski definition) is 5. The second kappa shape index (κ2) is 11.6. The first-order valence-corrected chi connectivity index (χ1v) is 9.01. The van der Waals surface area contributed by atoms with E-state index in [1.165, 1.54) is 0 Å². The molecule has 146 valence electrons. The van der Waals surface area contributed by atoms with Crippen LogP contribution >= 0.6 is 24.0 Å². The maximum Gasteiger partial charge on any atom is 0.191 e. The smallest absolute Gasteiger partial charge is 0.191 e. The predicted octanol–water partition coefficient (Wildman–Crippen LogP) is 2.31. The summed E-state index contributed by atoms with van der Waals surface area (Å²) in [7, 11) is 1.79. The average Bonchev–Trinajstić information content (AvgIpc) is 2.72. The molecule has 0 atom stereocenters. The SMILES string of the molecule is CN=C(NCCOc1cccnc1)NC1CCN(c2ccccn2)CC1.I. The summed E-state index contributed by atoms with van der Waals surface area (Å²) in [6, 6.07) is 10.2. The first-order chi connectivity index (χ1) is 12.8. The zero-order valence-corrected chi connectivity index (χ0v) is 17.9. The highest BCUT2D eigenvalue weighted by Crippen LogP contribution is 2.17. The first-order valence-electron chi connectivity index (χ1n) is 9.01. The zero-order valence-electron chi connectivity index (χ0n) is 15.5. The lowest BCUT2D eigenvalue weighted by atomic mass is 10.1. The van der Waals surface area contributed by atoms with E-state index in [0.29, 0.717) is 19.2 Å². The third-order valence-corrected chi connectivity index (χ3v) is 4.33. The van der Waals surface area contributed by atoms with E-state index >= 15 is 0 Å². The topological polar surface area (TPSA) is 74.7 Å². The Balaban J connectivity index is 0.00000261. The molecule has 2 aromatic rings. The van der Waals surface area contributed by atoms with Crippen molar-refractivity contribution in [2.24, 2.45) is 4.99 Å². The number of guanidine groups is 1. The van der Waals surface area contributed by atoms with Crippen LogP contribution in [0.15, 0.2) is 53.9 Å². The Bertz CT molecular complexity index is 677. The number of piperidine rings is 1. The summed E-state index contributed by atoms with van der Waals surface area (Å²) in [5.41, 5.74) is 0. The molecule has 1 fully saturated rings. The molecule has 0 aliphatic carbocycles. The molecule has 0 radical (unpaired) electrons. The third-order valence-electron chi connectivity index (χ3n) is 4.33. The van der Waals surface area contributed by atoms with E-state index < -0.39 is 0 Å². The van der Waals surface area contributed by atoms with E-state index in [9.17, 15) is 0 Å². The maximum absolute atomic E-state index is 5.63. The molecule has 2 N–H and O–H groups in total. The van der Waals surface area contributed by atoms with Gasteiger partial charge < -0.3 is 20.3 Å². The van der Waals surface area contributed by atoms with Crippen molar-refractivity contribution in [3.8, 4) is 5.75 Å². The predicted molar refractivity (Wildman–Crippen MR) is 119 cm³/mol. The van der Waals surface area contributed by atoms with E-state index in [-0.39, 0.29) is 24.0 Å². The summed E-state index contributed by atoms with van der Waals surface area (Å²) in [6.45, 7) is 3.23. The highest BCUT2D eigenvalue weighted by atomic mass is 127. The van der Waals surface area contributed by atoms with E-state index in [1.54, 1.807) is 19.4 Å². The molecule has 27 heavy (non-hydrogen) atoms. The van der Waals surface area contributed by atoms with Crippen LogP contribution in [0.3, 0.4) is 0 Å². The Morgan fingerprint density at radius 3 is 2.74 bits per heavy atom. The minimum Gasteiger partial charge on any atom is -0.490 e. The summed E-state index contributed by atoms with van der Waals surface area (Å²) in [6.07, 6.45) is 7.41. The number of nitrogens with zero attached hydrogens (tertiary/aromatic N) is 4. The van der Waals surface area contributed by atoms with Gasteiger partial charge in [-0.3, -0.25) is 9.98 Å². The fourth-order valence-electron chi connectivity index (χ4n) is 2.95. The molecule has 3 rings (SSSR count). The number of nitrogens with one attached hydrogen (secondary N) is 2. The molecule has 0 bridgehead atoms. The van der Waals surface area contributed by atoms with Crippen LogP contribution in [0.25, 0.3) is 0 Å². The van der Waals surface area contributed by atoms with Crippen molar-refractivity contribution in [2.75, 3.05) is 38.2 Å². The second-order valence-electron chi connectivity index (χ2n) is 6.13. The monoisotopic (exact) mass is 482 g/mol. The average molecular weight is 482 g/mol. The molecule has 2 aromatic heterocycles. The van der Waals surface area contributed by atoms with Gasteiger partial charge in [-0.25, -0.2) is 4.98 Å². The van der Waals surface area contributed by atoms with Crippen molar-refractivity contribution in [3.05, 3.63) is 48.9 Å². The van der Waals surface area contributed by atoms with Crippen molar-refractivity contribution in [1.29, 1.82) is 0 Å². The Labute approximate surface area is 177 Å². The van der Waals surface area contributed by atoms with Gasteiger partial charge >= 0.3 is 0 Å². The van der Waals surface area contributed by atoms with Gasteiger partial charge in [0, 0.05) is 38.6 Å². The number of rotatable bonds is 6. The number of halogens is 1. The van der Waals surface area contributed by atoms with Crippen molar-refractivity contribution >= 4 is 35.8 Å². The van der Waals surface area contributed by atoms with Crippen LogP contribution in [-0.2, 0) is 0 Å². The van der Waals surface area contributed by atoms with Gasteiger partial charge in [0.1, 0.15) is 18.2 Å². The molecule has 3 heterocycles. The molecule has 0 aromatic carbocycles. The highest BCUT2D eigenvalue weighted by molar-refractivity contribution is 14.0. The molecule has 0 amide bonds. The molecule has 1 aliphatic rings. The molecule has 1 aliphatic heterocycles. The van der Waals surface area contributed by atoms with Crippen molar-refractivity contribution < 1.29 is 4.74 Å².